The van der Waals surface area contributed by atoms with Crippen LogP contribution < -0.4 is 0 Å². The van der Waals surface area contributed by atoms with E-state index < -0.39 is 5.79 Å². The van der Waals surface area contributed by atoms with Gasteiger partial charge >= 0.3 is 0 Å². The van der Waals surface area contributed by atoms with Gasteiger partial charge in [-0.3, -0.25) is 0 Å². The van der Waals surface area contributed by atoms with E-state index >= 15 is 0 Å². The molecule has 0 aromatic rings. The molecule has 2 aliphatic rings. The van der Waals surface area contributed by atoms with E-state index in [2.05, 4.69) is 6.58 Å². The molecule has 2 heterocycles. The Kier molecular flexibility index (Phi) is 1.97. The summed E-state index contributed by atoms with van der Waals surface area (Å²) in [4.78, 5) is 0. The summed E-state index contributed by atoms with van der Waals surface area (Å²) in [6.07, 6.45) is 2.15. The van der Waals surface area contributed by atoms with Crippen molar-refractivity contribution < 1.29 is 9.47 Å². The van der Waals surface area contributed by atoms with Crippen LogP contribution in [0.4, 0.5) is 0 Å². The first-order valence-corrected chi connectivity index (χ1v) is 5.27. The molecule has 0 spiro atoms. The molecule has 3 atom stereocenters. The van der Waals surface area contributed by atoms with Crippen LogP contribution in [0.5, 0.6) is 0 Å². The van der Waals surface area contributed by atoms with Crippen LogP contribution in [-0.4, -0.2) is 29.0 Å². The fourth-order valence-corrected chi connectivity index (χ4v) is 2.23. The lowest BCUT2D eigenvalue weighted by molar-refractivity contribution is -0.142. The lowest BCUT2D eigenvalue weighted by atomic mass is 10.1. The Morgan fingerprint density at radius 3 is 2.67 bits per heavy atom. The fraction of sp³-hybridized carbons (Fsp3) is 0.778. The van der Waals surface area contributed by atoms with E-state index in [-0.39, 0.29) is 12.2 Å². The third-order valence-electron chi connectivity index (χ3n) is 2.12. The zero-order valence-electron chi connectivity index (χ0n) is 7.45. The molecular formula is C9H14O2S. The van der Waals surface area contributed by atoms with Crippen LogP contribution in [0.25, 0.3) is 0 Å². The van der Waals surface area contributed by atoms with Gasteiger partial charge in [-0.2, -0.15) is 11.8 Å². The molecule has 0 N–H and O–H groups in total. The van der Waals surface area contributed by atoms with Gasteiger partial charge in [-0.15, -0.1) is 6.58 Å². The highest BCUT2D eigenvalue weighted by atomic mass is 32.2. The summed E-state index contributed by atoms with van der Waals surface area (Å²) in [7, 11) is 0. The maximum atomic E-state index is 5.76. The summed E-state index contributed by atoms with van der Waals surface area (Å²) >= 11 is 1.93. The summed E-state index contributed by atoms with van der Waals surface area (Å²) in [5.41, 5.74) is 0. The van der Waals surface area contributed by atoms with Gasteiger partial charge < -0.3 is 9.47 Å². The zero-order valence-corrected chi connectivity index (χ0v) is 8.26. The van der Waals surface area contributed by atoms with Crippen LogP contribution in [0, 0.1) is 0 Å². The van der Waals surface area contributed by atoms with Gasteiger partial charge in [-0.05, 0) is 13.8 Å². The predicted octanol–water partition coefficient (Wildman–Crippen LogP) is 1.81. The molecule has 0 aromatic heterocycles. The average molecular weight is 186 g/mol. The maximum absolute atomic E-state index is 5.76. The molecule has 2 saturated heterocycles. The van der Waals surface area contributed by atoms with E-state index in [4.69, 9.17) is 9.47 Å². The molecule has 0 radical (unpaired) electrons. The molecule has 0 saturated carbocycles. The summed E-state index contributed by atoms with van der Waals surface area (Å²) in [6.45, 7) is 7.66. The smallest absolute Gasteiger partial charge is 0.164 e. The molecule has 0 aromatic carbocycles. The summed E-state index contributed by atoms with van der Waals surface area (Å²) in [6, 6.07) is 0. The molecule has 2 fully saturated rings. The largest absolute Gasteiger partial charge is 0.343 e. The number of ether oxygens (including phenoxy) is 2. The second kappa shape index (κ2) is 2.76. The van der Waals surface area contributed by atoms with Crippen LogP contribution >= 0.6 is 11.8 Å². The minimum Gasteiger partial charge on any atom is -0.343 e. The minimum absolute atomic E-state index is 0.0833. The van der Waals surface area contributed by atoms with Gasteiger partial charge in [0.05, 0.1) is 0 Å². The maximum Gasteiger partial charge on any atom is 0.164 e. The summed E-state index contributed by atoms with van der Waals surface area (Å²) < 4.78 is 11.4. The first-order valence-electron chi connectivity index (χ1n) is 4.22. The number of hydrogen-bond donors (Lipinski definition) is 0. The third kappa shape index (κ3) is 1.53. The molecule has 2 nitrogen and oxygen atoms in total. The average Bonchev–Trinajstić information content (AvgIpc) is 2.76. The Morgan fingerprint density at radius 1 is 1.50 bits per heavy atom. The predicted molar refractivity (Wildman–Crippen MR) is 50.3 cm³/mol. The lowest BCUT2D eigenvalue weighted by Gasteiger charge is -2.16. The van der Waals surface area contributed by atoms with Crippen molar-refractivity contribution in [2.45, 2.75) is 37.1 Å². The highest BCUT2D eigenvalue weighted by Gasteiger charge is 2.47. The molecular weight excluding hydrogens is 172 g/mol. The number of rotatable bonds is 2. The molecule has 2 aliphatic heterocycles. The van der Waals surface area contributed by atoms with Gasteiger partial charge in [-0.25, -0.2) is 0 Å². The Labute approximate surface area is 77.3 Å². The van der Waals surface area contributed by atoms with E-state index in [1.807, 2.05) is 31.7 Å². The SMILES string of the molecule is C=C[C@@H]1OC(C)(C)O[C@H]1C1CS1. The monoisotopic (exact) mass is 186 g/mol. The molecule has 0 amide bonds. The number of hydrogen-bond acceptors (Lipinski definition) is 3. The third-order valence-corrected chi connectivity index (χ3v) is 3.11. The first-order chi connectivity index (χ1) is 5.62. The molecule has 12 heavy (non-hydrogen) atoms. The first kappa shape index (κ1) is 8.60. The van der Waals surface area contributed by atoms with Crippen LogP contribution in [0.15, 0.2) is 12.7 Å². The van der Waals surface area contributed by atoms with Crippen molar-refractivity contribution in [2.24, 2.45) is 0 Å². The molecule has 0 bridgehead atoms. The van der Waals surface area contributed by atoms with Crippen molar-refractivity contribution in [1.82, 2.24) is 0 Å². The Hall–Kier alpha value is 0.0100. The quantitative estimate of drug-likeness (QED) is 0.484. The molecule has 0 aliphatic carbocycles. The number of thioether (sulfide) groups is 1. The van der Waals surface area contributed by atoms with Crippen LogP contribution in [0.1, 0.15) is 13.8 Å². The fourth-order valence-electron chi connectivity index (χ4n) is 1.53. The lowest BCUT2D eigenvalue weighted by Crippen LogP contribution is -2.25. The highest BCUT2D eigenvalue weighted by Crippen LogP contribution is 2.42. The van der Waals surface area contributed by atoms with Gasteiger partial charge in [0.15, 0.2) is 5.79 Å². The summed E-state index contributed by atoms with van der Waals surface area (Å²) in [5, 5.41) is 0.634. The standard InChI is InChI=1S/C9H14O2S/c1-4-6-8(7-5-12-7)11-9(2,3)10-6/h4,6-8H,1,5H2,2-3H3/t6-,7?,8+/m0/s1. The topological polar surface area (TPSA) is 18.5 Å². The normalized spacial score (nSPS) is 44.3. The van der Waals surface area contributed by atoms with Crippen LogP contribution in [0.2, 0.25) is 0 Å². The van der Waals surface area contributed by atoms with Gasteiger partial charge in [0.2, 0.25) is 0 Å². The van der Waals surface area contributed by atoms with Gasteiger partial charge in [0.1, 0.15) is 12.2 Å². The highest BCUT2D eigenvalue weighted by molar-refractivity contribution is 8.06. The molecule has 2 rings (SSSR count). The second-order valence-electron chi connectivity index (χ2n) is 3.67. The minimum atomic E-state index is -0.424. The van der Waals surface area contributed by atoms with Crippen molar-refractivity contribution in [2.75, 3.05) is 5.75 Å². The van der Waals surface area contributed by atoms with Gasteiger partial charge in [-0.1, -0.05) is 6.08 Å². The van der Waals surface area contributed by atoms with E-state index in [9.17, 15) is 0 Å². The van der Waals surface area contributed by atoms with Crippen molar-refractivity contribution >= 4 is 11.8 Å². The van der Waals surface area contributed by atoms with E-state index in [1.165, 1.54) is 5.75 Å². The molecule has 1 unspecified atom stereocenters. The zero-order chi connectivity index (χ0) is 8.77. The van der Waals surface area contributed by atoms with Crippen LogP contribution in [-0.2, 0) is 9.47 Å². The molecule has 3 heteroatoms. The van der Waals surface area contributed by atoms with E-state index in [0.717, 1.165) is 0 Å². The van der Waals surface area contributed by atoms with Gasteiger partial charge in [0, 0.05) is 11.0 Å². The van der Waals surface area contributed by atoms with E-state index in [0.29, 0.717) is 5.25 Å². The van der Waals surface area contributed by atoms with Crippen molar-refractivity contribution in [1.29, 1.82) is 0 Å². The summed E-state index contributed by atoms with van der Waals surface area (Å²) in [5.74, 6) is 0.779. The molecule has 68 valence electrons. The van der Waals surface area contributed by atoms with Crippen molar-refractivity contribution in [3.05, 3.63) is 12.7 Å². The van der Waals surface area contributed by atoms with E-state index in [1.54, 1.807) is 0 Å². The van der Waals surface area contributed by atoms with Crippen LogP contribution in [0.3, 0.4) is 0 Å². The van der Waals surface area contributed by atoms with Crippen molar-refractivity contribution in [3.8, 4) is 0 Å². The Bertz CT molecular complexity index is 199. The van der Waals surface area contributed by atoms with Gasteiger partial charge in [0.25, 0.3) is 0 Å². The van der Waals surface area contributed by atoms with Crippen molar-refractivity contribution in [3.63, 3.8) is 0 Å². The Morgan fingerprint density at radius 2 is 2.17 bits per heavy atom. The Balaban J connectivity index is 2.07. The second-order valence-corrected chi connectivity index (χ2v) is 4.94.